The number of nitrogens with zero attached hydrogens (tertiary/aromatic N) is 2. The van der Waals surface area contributed by atoms with Crippen molar-refractivity contribution in [2.24, 2.45) is 0 Å². The molecule has 1 N–H and O–H groups in total. The van der Waals surface area contributed by atoms with Crippen molar-refractivity contribution in [1.82, 2.24) is 14.5 Å². The first-order valence-corrected chi connectivity index (χ1v) is 11.5. The molecule has 156 valence electrons. The first-order valence-electron chi connectivity index (χ1n) is 9.72. The summed E-state index contributed by atoms with van der Waals surface area (Å²) < 4.78 is 27.0. The predicted octanol–water partition coefficient (Wildman–Crippen LogP) is 3.38. The highest BCUT2D eigenvalue weighted by atomic mass is 35.5. The van der Waals surface area contributed by atoms with Crippen molar-refractivity contribution in [3.8, 4) is 0 Å². The number of sulfonamides is 1. The van der Waals surface area contributed by atoms with Crippen LogP contribution in [0.5, 0.6) is 0 Å². The summed E-state index contributed by atoms with van der Waals surface area (Å²) in [6, 6.07) is 16.5. The van der Waals surface area contributed by atoms with Crippen molar-refractivity contribution in [2.75, 3.05) is 26.2 Å². The Balaban J connectivity index is 1.50. The van der Waals surface area contributed by atoms with E-state index in [1.54, 1.807) is 23.1 Å². The quantitative estimate of drug-likeness (QED) is 0.756. The highest BCUT2D eigenvalue weighted by Crippen LogP contribution is 2.25. The molecule has 1 atom stereocenters. The number of amides is 2. The van der Waals surface area contributed by atoms with Gasteiger partial charge in [-0.1, -0.05) is 54.1 Å². The van der Waals surface area contributed by atoms with E-state index in [2.05, 4.69) is 17.4 Å². The van der Waals surface area contributed by atoms with Gasteiger partial charge in [0, 0.05) is 32.2 Å². The average molecular weight is 436 g/mol. The molecule has 0 radical (unpaired) electrons. The second-order valence-corrected chi connectivity index (χ2v) is 9.51. The molecule has 0 aliphatic carbocycles. The second-order valence-electron chi connectivity index (χ2n) is 7.20. The summed E-state index contributed by atoms with van der Waals surface area (Å²) in [6.07, 6.45) is 1.74. The maximum absolute atomic E-state index is 12.8. The van der Waals surface area contributed by atoms with Gasteiger partial charge in [0.05, 0.1) is 5.02 Å². The minimum Gasteiger partial charge on any atom is -0.336 e. The standard InChI is InChI=1S/C21H26ClN3O3S/c1-17(11-12-18-7-3-2-4-8-18)23-21(26)24-13-15-25(16-14-24)29(27,28)20-10-6-5-9-19(20)22/h2-10,17H,11-16H2,1H3,(H,23,26). The van der Waals surface area contributed by atoms with Gasteiger partial charge in [-0.05, 0) is 37.5 Å². The van der Waals surface area contributed by atoms with Gasteiger partial charge in [-0.15, -0.1) is 0 Å². The highest BCUT2D eigenvalue weighted by molar-refractivity contribution is 7.89. The first-order chi connectivity index (χ1) is 13.9. The maximum Gasteiger partial charge on any atom is 0.317 e. The molecule has 8 heteroatoms. The number of hydrogen-bond donors (Lipinski definition) is 1. The lowest BCUT2D eigenvalue weighted by Gasteiger charge is -2.34. The van der Waals surface area contributed by atoms with Gasteiger partial charge in [-0.2, -0.15) is 4.31 Å². The van der Waals surface area contributed by atoms with Gasteiger partial charge in [0.2, 0.25) is 10.0 Å². The molecule has 0 spiro atoms. The van der Waals surface area contributed by atoms with E-state index >= 15 is 0 Å². The van der Waals surface area contributed by atoms with Gasteiger partial charge < -0.3 is 10.2 Å². The third-order valence-corrected chi connectivity index (χ3v) is 7.46. The Kier molecular flexibility index (Phi) is 7.16. The molecular weight excluding hydrogens is 410 g/mol. The number of benzene rings is 2. The van der Waals surface area contributed by atoms with E-state index in [1.165, 1.54) is 15.9 Å². The van der Waals surface area contributed by atoms with Gasteiger partial charge in [0.1, 0.15) is 4.90 Å². The molecule has 6 nitrogen and oxygen atoms in total. The van der Waals surface area contributed by atoms with Gasteiger partial charge >= 0.3 is 6.03 Å². The fourth-order valence-corrected chi connectivity index (χ4v) is 5.24. The lowest BCUT2D eigenvalue weighted by Crippen LogP contribution is -2.54. The maximum atomic E-state index is 12.8. The summed E-state index contributed by atoms with van der Waals surface area (Å²) in [5.41, 5.74) is 1.24. The van der Waals surface area contributed by atoms with Crippen LogP contribution in [0.3, 0.4) is 0 Å². The minimum atomic E-state index is -3.66. The number of aryl methyl sites for hydroxylation is 1. The van der Waals surface area contributed by atoms with Crippen molar-refractivity contribution in [1.29, 1.82) is 0 Å². The lowest BCUT2D eigenvalue weighted by atomic mass is 10.1. The fraction of sp³-hybridized carbons (Fsp3) is 0.381. The number of hydrogen-bond acceptors (Lipinski definition) is 3. The largest absolute Gasteiger partial charge is 0.336 e. The van der Waals surface area contributed by atoms with Crippen LogP contribution in [0.2, 0.25) is 5.02 Å². The van der Waals surface area contributed by atoms with E-state index < -0.39 is 10.0 Å². The highest BCUT2D eigenvalue weighted by Gasteiger charge is 2.31. The van der Waals surface area contributed by atoms with Crippen molar-refractivity contribution in [3.63, 3.8) is 0 Å². The molecule has 1 aliphatic heterocycles. The van der Waals surface area contributed by atoms with Crippen LogP contribution in [0.25, 0.3) is 0 Å². The third-order valence-electron chi connectivity index (χ3n) is 5.06. The van der Waals surface area contributed by atoms with Gasteiger partial charge in [-0.25, -0.2) is 13.2 Å². The van der Waals surface area contributed by atoms with Gasteiger partial charge in [0.25, 0.3) is 0 Å². The molecule has 3 rings (SSSR count). The molecule has 29 heavy (non-hydrogen) atoms. The Bertz CT molecular complexity index is 929. The third kappa shape index (κ3) is 5.50. The molecule has 1 saturated heterocycles. The van der Waals surface area contributed by atoms with Crippen LogP contribution in [0.1, 0.15) is 18.9 Å². The van der Waals surface area contributed by atoms with E-state index in [1.807, 2.05) is 25.1 Å². The zero-order valence-electron chi connectivity index (χ0n) is 16.4. The molecule has 1 heterocycles. The van der Waals surface area contributed by atoms with Gasteiger partial charge in [0.15, 0.2) is 0 Å². The van der Waals surface area contributed by atoms with E-state index in [0.717, 1.165) is 12.8 Å². The van der Waals surface area contributed by atoms with E-state index in [0.29, 0.717) is 13.1 Å². The average Bonchev–Trinajstić information content (AvgIpc) is 2.73. The Morgan fingerprint density at radius 2 is 1.66 bits per heavy atom. The molecule has 2 aromatic carbocycles. The van der Waals surface area contributed by atoms with Crippen LogP contribution < -0.4 is 5.32 Å². The molecule has 1 unspecified atom stereocenters. The number of carbonyl (C=O) groups excluding carboxylic acids is 1. The van der Waals surface area contributed by atoms with E-state index in [4.69, 9.17) is 11.6 Å². The number of carbonyl (C=O) groups is 1. The summed E-state index contributed by atoms with van der Waals surface area (Å²) >= 11 is 6.06. The summed E-state index contributed by atoms with van der Waals surface area (Å²) in [6.45, 7) is 3.18. The normalized spacial score (nSPS) is 16.4. The molecule has 0 aromatic heterocycles. The summed E-state index contributed by atoms with van der Waals surface area (Å²) in [7, 11) is -3.66. The summed E-state index contributed by atoms with van der Waals surface area (Å²) in [4.78, 5) is 14.3. The van der Waals surface area contributed by atoms with Crippen LogP contribution in [0.15, 0.2) is 59.5 Å². The van der Waals surface area contributed by atoms with Crippen molar-refractivity contribution in [3.05, 3.63) is 65.2 Å². The minimum absolute atomic E-state index is 0.0348. The lowest BCUT2D eigenvalue weighted by molar-refractivity contribution is 0.169. The molecule has 1 fully saturated rings. The molecule has 0 bridgehead atoms. The smallest absolute Gasteiger partial charge is 0.317 e. The number of rotatable bonds is 6. The van der Waals surface area contributed by atoms with Crippen molar-refractivity contribution < 1.29 is 13.2 Å². The number of nitrogens with one attached hydrogen (secondary N) is 1. The SMILES string of the molecule is CC(CCc1ccccc1)NC(=O)N1CCN(S(=O)(=O)c2ccccc2Cl)CC1. The second kappa shape index (κ2) is 9.61. The topological polar surface area (TPSA) is 69.7 Å². The predicted molar refractivity (Wildman–Crippen MR) is 115 cm³/mol. The molecule has 2 aromatic rings. The fourth-order valence-electron chi connectivity index (χ4n) is 3.33. The Morgan fingerprint density at radius 1 is 1.03 bits per heavy atom. The molecule has 1 aliphatic rings. The Labute approximate surface area is 177 Å². The van der Waals surface area contributed by atoms with Crippen molar-refractivity contribution in [2.45, 2.75) is 30.7 Å². The van der Waals surface area contributed by atoms with Crippen molar-refractivity contribution >= 4 is 27.7 Å². The monoisotopic (exact) mass is 435 g/mol. The summed E-state index contributed by atoms with van der Waals surface area (Å²) in [5.74, 6) is 0. The Hall–Kier alpha value is -2.09. The van der Waals surface area contributed by atoms with E-state index in [-0.39, 0.29) is 35.1 Å². The van der Waals surface area contributed by atoms with Crippen LogP contribution in [-0.4, -0.2) is 55.9 Å². The Morgan fingerprint density at radius 3 is 2.31 bits per heavy atom. The first kappa shape index (κ1) is 21.6. The number of urea groups is 1. The number of piperazine rings is 1. The molecular formula is C21H26ClN3O3S. The van der Waals surface area contributed by atoms with Crippen LogP contribution in [-0.2, 0) is 16.4 Å². The van der Waals surface area contributed by atoms with Crippen LogP contribution in [0, 0.1) is 0 Å². The van der Waals surface area contributed by atoms with E-state index in [9.17, 15) is 13.2 Å². The zero-order valence-corrected chi connectivity index (χ0v) is 18.0. The molecule has 0 saturated carbocycles. The summed E-state index contributed by atoms with van der Waals surface area (Å²) in [5, 5.41) is 3.22. The number of halogens is 1. The zero-order chi connectivity index (χ0) is 20.9. The molecule has 2 amide bonds. The van der Waals surface area contributed by atoms with Gasteiger partial charge in [-0.3, -0.25) is 0 Å². The van der Waals surface area contributed by atoms with Crippen LogP contribution in [0.4, 0.5) is 4.79 Å². The van der Waals surface area contributed by atoms with Crippen LogP contribution >= 0.6 is 11.6 Å².